The van der Waals surface area contributed by atoms with Crippen molar-refractivity contribution < 1.29 is 18.0 Å². The van der Waals surface area contributed by atoms with E-state index in [1.54, 1.807) is 6.20 Å². The second-order valence-electron chi connectivity index (χ2n) is 7.54. The predicted molar refractivity (Wildman–Crippen MR) is 110 cm³/mol. The molecule has 2 aliphatic heterocycles. The molecule has 1 atom stereocenters. The number of nitrogens with one attached hydrogen (secondary N) is 1. The molecule has 0 radical (unpaired) electrons. The highest BCUT2D eigenvalue weighted by molar-refractivity contribution is 7.91. The third-order valence-electron chi connectivity index (χ3n) is 5.26. The van der Waals surface area contributed by atoms with Crippen LogP contribution in [-0.4, -0.2) is 58.3 Å². The molecule has 1 N–H and O–H groups in total. The van der Waals surface area contributed by atoms with Crippen LogP contribution in [0, 0.1) is 0 Å². The lowest BCUT2D eigenvalue weighted by molar-refractivity contribution is -0.133. The first-order chi connectivity index (χ1) is 14.4. The maximum atomic E-state index is 12.5. The number of hydrogen-bond acceptors (Lipinski definition) is 6. The van der Waals surface area contributed by atoms with Gasteiger partial charge < -0.3 is 5.32 Å². The van der Waals surface area contributed by atoms with E-state index in [-0.39, 0.29) is 41.9 Å². The second kappa shape index (κ2) is 8.39. The average molecular weight is 430 g/mol. The average Bonchev–Trinajstić information content (AvgIpc) is 3.36. The number of benzene rings is 1. The van der Waals surface area contributed by atoms with Gasteiger partial charge in [-0.3, -0.25) is 14.3 Å². The van der Waals surface area contributed by atoms with Crippen LogP contribution in [0.4, 0.5) is 0 Å². The largest absolute Gasteiger partial charge is 0.347 e. The van der Waals surface area contributed by atoms with E-state index in [1.165, 1.54) is 5.01 Å². The number of hydrogen-bond donors (Lipinski definition) is 1. The van der Waals surface area contributed by atoms with E-state index in [1.807, 2.05) is 41.2 Å². The minimum atomic E-state index is -3.14. The first-order valence-corrected chi connectivity index (χ1v) is 11.7. The van der Waals surface area contributed by atoms with Gasteiger partial charge in [0.15, 0.2) is 9.84 Å². The van der Waals surface area contributed by atoms with Gasteiger partial charge in [-0.25, -0.2) is 13.4 Å². The lowest BCUT2D eigenvalue weighted by atomic mass is 10.1. The van der Waals surface area contributed by atoms with E-state index in [0.29, 0.717) is 19.5 Å². The normalized spacial score (nSPS) is 20.8. The summed E-state index contributed by atoms with van der Waals surface area (Å²) in [5.74, 6) is -0.618. The summed E-state index contributed by atoms with van der Waals surface area (Å²) < 4.78 is 25.2. The zero-order chi connectivity index (χ0) is 21.1. The fourth-order valence-electron chi connectivity index (χ4n) is 3.62. The Balaban J connectivity index is 1.35. The molecule has 0 unspecified atom stereocenters. The summed E-state index contributed by atoms with van der Waals surface area (Å²) >= 11 is 0. The van der Waals surface area contributed by atoms with Crippen LogP contribution in [0.15, 0.2) is 47.8 Å². The molecule has 3 heterocycles. The van der Waals surface area contributed by atoms with Crippen LogP contribution in [0.3, 0.4) is 0 Å². The number of rotatable bonds is 6. The Hall–Kier alpha value is -3.01. The van der Waals surface area contributed by atoms with Crippen LogP contribution in [0.1, 0.15) is 30.4 Å². The predicted octanol–water partition coefficient (Wildman–Crippen LogP) is 0.713. The summed E-state index contributed by atoms with van der Waals surface area (Å²) in [4.78, 5) is 24.7. The molecule has 1 fully saturated rings. The van der Waals surface area contributed by atoms with E-state index in [9.17, 15) is 18.0 Å². The van der Waals surface area contributed by atoms with Gasteiger partial charge in [0, 0.05) is 31.8 Å². The first kappa shape index (κ1) is 20.3. The van der Waals surface area contributed by atoms with Crippen molar-refractivity contribution in [1.82, 2.24) is 20.1 Å². The molecule has 1 aromatic heterocycles. The van der Waals surface area contributed by atoms with Gasteiger partial charge >= 0.3 is 0 Å². The van der Waals surface area contributed by atoms with Crippen LogP contribution in [-0.2, 0) is 32.5 Å². The molecule has 0 spiro atoms. The third kappa shape index (κ3) is 4.76. The SMILES string of the molecule is O=C(NCc1ccc(Cn2cccn2)cc1)C1=NN([C@H]2CCS(=O)(=O)C2)C(=O)CC1. The summed E-state index contributed by atoms with van der Waals surface area (Å²) in [6.45, 7) is 1.02. The fraction of sp³-hybridized carbons (Fsp3) is 0.400. The Morgan fingerprint density at radius 1 is 1.17 bits per heavy atom. The Morgan fingerprint density at radius 3 is 2.60 bits per heavy atom. The number of carbonyl (C=O) groups is 2. The standard InChI is InChI=1S/C20H23N5O4S/c26-19-7-6-18(23-25(19)17-8-11-30(28,29)14-17)20(27)21-12-15-2-4-16(5-3-15)13-24-10-1-9-22-24/h1-5,9-10,17H,6-8,11-14H2,(H,21,27)/t17-/m0/s1. The van der Waals surface area contributed by atoms with Gasteiger partial charge in [-0.05, 0) is 23.6 Å². The van der Waals surface area contributed by atoms with E-state index in [0.717, 1.165) is 11.1 Å². The molecule has 1 saturated heterocycles. The summed E-state index contributed by atoms with van der Waals surface area (Å²) in [5.41, 5.74) is 2.30. The van der Waals surface area contributed by atoms with Crippen molar-refractivity contribution in [1.29, 1.82) is 0 Å². The van der Waals surface area contributed by atoms with Crippen molar-refractivity contribution in [3.05, 3.63) is 53.9 Å². The number of nitrogens with zero attached hydrogens (tertiary/aromatic N) is 4. The molecular weight excluding hydrogens is 406 g/mol. The van der Waals surface area contributed by atoms with Crippen LogP contribution in [0.25, 0.3) is 0 Å². The molecule has 0 aliphatic carbocycles. The number of hydrazone groups is 1. The fourth-order valence-corrected chi connectivity index (χ4v) is 5.31. The monoisotopic (exact) mass is 429 g/mol. The number of amides is 2. The van der Waals surface area contributed by atoms with Crippen molar-refractivity contribution in [3.63, 3.8) is 0 Å². The molecule has 1 aromatic carbocycles. The Bertz CT molecular complexity index is 1060. The molecule has 158 valence electrons. The van der Waals surface area contributed by atoms with Gasteiger partial charge in [0.1, 0.15) is 5.71 Å². The maximum Gasteiger partial charge on any atom is 0.267 e. The van der Waals surface area contributed by atoms with E-state index in [2.05, 4.69) is 15.5 Å². The number of aromatic nitrogens is 2. The van der Waals surface area contributed by atoms with Crippen LogP contribution >= 0.6 is 0 Å². The first-order valence-electron chi connectivity index (χ1n) is 9.83. The van der Waals surface area contributed by atoms with Crippen LogP contribution in [0.5, 0.6) is 0 Å². The highest BCUT2D eigenvalue weighted by atomic mass is 32.2. The van der Waals surface area contributed by atoms with Crippen molar-refractivity contribution in [2.75, 3.05) is 11.5 Å². The Morgan fingerprint density at radius 2 is 1.93 bits per heavy atom. The van der Waals surface area contributed by atoms with Gasteiger partial charge in [0.25, 0.3) is 5.91 Å². The zero-order valence-corrected chi connectivity index (χ0v) is 17.2. The Kier molecular flexibility index (Phi) is 5.67. The van der Waals surface area contributed by atoms with Crippen LogP contribution in [0.2, 0.25) is 0 Å². The molecule has 2 amide bonds. The van der Waals surface area contributed by atoms with Gasteiger partial charge in [-0.2, -0.15) is 10.2 Å². The maximum absolute atomic E-state index is 12.5. The minimum absolute atomic E-state index is 0.0505. The lowest BCUT2D eigenvalue weighted by Gasteiger charge is -2.27. The smallest absolute Gasteiger partial charge is 0.267 e. The van der Waals surface area contributed by atoms with Crippen molar-refractivity contribution in [2.24, 2.45) is 5.10 Å². The van der Waals surface area contributed by atoms with Gasteiger partial charge in [0.05, 0.1) is 24.1 Å². The summed E-state index contributed by atoms with van der Waals surface area (Å²) in [6.07, 6.45) is 4.40. The highest BCUT2D eigenvalue weighted by Crippen LogP contribution is 2.22. The molecule has 30 heavy (non-hydrogen) atoms. The number of sulfone groups is 1. The third-order valence-corrected chi connectivity index (χ3v) is 7.01. The van der Waals surface area contributed by atoms with Crippen LogP contribution < -0.4 is 5.32 Å². The van der Waals surface area contributed by atoms with Crippen molar-refractivity contribution in [3.8, 4) is 0 Å². The summed E-state index contributed by atoms with van der Waals surface area (Å²) in [6, 6.07) is 9.26. The van der Waals surface area contributed by atoms with E-state index >= 15 is 0 Å². The molecule has 2 aromatic rings. The molecule has 4 rings (SSSR count). The molecule has 10 heteroatoms. The Labute approximate surface area is 174 Å². The molecule has 0 bridgehead atoms. The highest BCUT2D eigenvalue weighted by Gasteiger charge is 2.37. The quantitative estimate of drug-likeness (QED) is 0.727. The zero-order valence-electron chi connectivity index (χ0n) is 16.4. The lowest BCUT2D eigenvalue weighted by Crippen LogP contribution is -2.43. The molecule has 9 nitrogen and oxygen atoms in total. The van der Waals surface area contributed by atoms with Gasteiger partial charge in [0.2, 0.25) is 5.91 Å². The second-order valence-corrected chi connectivity index (χ2v) is 9.77. The minimum Gasteiger partial charge on any atom is -0.347 e. The van der Waals surface area contributed by atoms with Gasteiger partial charge in [-0.1, -0.05) is 24.3 Å². The molecular formula is C20H23N5O4S. The molecule has 0 saturated carbocycles. The topological polar surface area (TPSA) is 114 Å². The summed E-state index contributed by atoms with van der Waals surface area (Å²) in [7, 11) is -3.14. The van der Waals surface area contributed by atoms with Gasteiger partial charge in [-0.15, -0.1) is 0 Å². The van der Waals surface area contributed by atoms with E-state index in [4.69, 9.17) is 0 Å². The molecule has 2 aliphatic rings. The number of carbonyl (C=O) groups excluding carboxylic acids is 2. The van der Waals surface area contributed by atoms with Crippen molar-refractivity contribution >= 4 is 27.4 Å². The van der Waals surface area contributed by atoms with E-state index < -0.39 is 15.9 Å². The van der Waals surface area contributed by atoms with Crippen molar-refractivity contribution in [2.45, 2.75) is 38.4 Å². The summed E-state index contributed by atoms with van der Waals surface area (Å²) in [5, 5.41) is 12.4.